The van der Waals surface area contributed by atoms with Gasteiger partial charge in [-0.15, -0.1) is 0 Å². The van der Waals surface area contributed by atoms with Crippen molar-refractivity contribution in [2.24, 2.45) is 0 Å². The Hall–Kier alpha value is 0.394. The summed E-state index contributed by atoms with van der Waals surface area (Å²) in [4.78, 5) is 0. The van der Waals surface area contributed by atoms with Crippen LogP contribution in [-0.4, -0.2) is 34.2 Å². The maximum Gasteiger partial charge on any atom is 0.0838 e. The molecular weight excluding hydrogens is 190 g/mol. The van der Waals surface area contributed by atoms with Crippen molar-refractivity contribution in [3.05, 3.63) is 0 Å². The molecule has 0 aliphatic carbocycles. The molecule has 0 radical (unpaired) electrons. The summed E-state index contributed by atoms with van der Waals surface area (Å²) in [5, 5.41) is 0. The maximum absolute atomic E-state index is 2.80. The van der Waals surface area contributed by atoms with Gasteiger partial charge in [-0.05, 0) is 12.1 Å². The van der Waals surface area contributed by atoms with E-state index in [0.717, 1.165) is 12.1 Å². The van der Waals surface area contributed by atoms with Gasteiger partial charge in [-0.1, -0.05) is 53.6 Å². The van der Waals surface area contributed by atoms with Crippen LogP contribution in [0.3, 0.4) is 0 Å². The highest BCUT2D eigenvalue weighted by atomic mass is 29.2. The summed E-state index contributed by atoms with van der Waals surface area (Å²) < 4.78 is 2.80. The van der Waals surface area contributed by atoms with Crippen LogP contribution < -0.4 is 0 Å². The largest absolute Gasteiger partial charge is 0.327 e. The summed E-state index contributed by atoms with van der Waals surface area (Å²) >= 11 is 0. The smallest absolute Gasteiger partial charge is 0.0838 e. The maximum atomic E-state index is 2.80. The molecule has 0 aliphatic heterocycles. The van der Waals surface area contributed by atoms with Crippen molar-refractivity contribution in [3.8, 4) is 0 Å². The van der Waals surface area contributed by atoms with Crippen molar-refractivity contribution >= 4 is 17.5 Å². The minimum Gasteiger partial charge on any atom is -0.327 e. The first kappa shape index (κ1) is 13.4. The molecule has 0 fully saturated rings. The lowest BCUT2D eigenvalue weighted by Gasteiger charge is -2.33. The monoisotopic (exact) mass is 217 g/mol. The summed E-state index contributed by atoms with van der Waals surface area (Å²) in [7, 11) is -0.181. The minimum atomic E-state index is -0.297. The van der Waals surface area contributed by atoms with E-state index < -0.39 is 0 Å². The lowest BCUT2D eigenvalue weighted by atomic mass is 10.3. The first-order valence-corrected chi connectivity index (χ1v) is 11.3. The standard InChI is InChI=1S/C10H27NSi2/c1-7-13(8-2)12-11(9(3)4)10(5)6/h9-10,13H,7-8,12H2,1-6H3. The van der Waals surface area contributed by atoms with E-state index in [0.29, 0.717) is 0 Å². The fraction of sp³-hybridized carbons (Fsp3) is 1.00. The Kier molecular flexibility index (Phi) is 7.00. The minimum absolute atomic E-state index is 0.117. The number of hydrogen-bond donors (Lipinski definition) is 0. The number of hydrogen-bond acceptors (Lipinski definition) is 1. The highest BCUT2D eigenvalue weighted by Gasteiger charge is 2.17. The zero-order chi connectivity index (χ0) is 10.4. The zero-order valence-corrected chi connectivity index (χ0v) is 12.9. The molecular formula is C10H27NSi2. The molecule has 0 saturated heterocycles. The first-order chi connectivity index (χ1) is 6.02. The third-order valence-electron chi connectivity index (χ3n) is 2.95. The summed E-state index contributed by atoms with van der Waals surface area (Å²) in [5.41, 5.74) is 0. The summed E-state index contributed by atoms with van der Waals surface area (Å²) in [6, 6.07) is 4.58. The molecule has 0 saturated carbocycles. The van der Waals surface area contributed by atoms with E-state index >= 15 is 0 Å². The van der Waals surface area contributed by atoms with E-state index in [2.05, 4.69) is 46.1 Å². The second-order valence-electron chi connectivity index (χ2n) is 4.57. The third kappa shape index (κ3) is 4.98. The Morgan fingerprint density at radius 1 is 1.00 bits per heavy atom. The van der Waals surface area contributed by atoms with Crippen molar-refractivity contribution < 1.29 is 0 Å². The molecule has 13 heavy (non-hydrogen) atoms. The number of nitrogens with zero attached hydrogens (tertiary/aromatic N) is 1. The fourth-order valence-electron chi connectivity index (χ4n) is 1.86. The lowest BCUT2D eigenvalue weighted by Crippen LogP contribution is -2.46. The average molecular weight is 218 g/mol. The molecule has 1 nitrogen and oxygen atoms in total. The Morgan fingerprint density at radius 2 is 1.38 bits per heavy atom. The highest BCUT2D eigenvalue weighted by molar-refractivity contribution is 7.11. The van der Waals surface area contributed by atoms with Gasteiger partial charge in [0, 0.05) is 8.31 Å². The van der Waals surface area contributed by atoms with Crippen molar-refractivity contribution in [2.45, 2.75) is 65.7 Å². The average Bonchev–Trinajstić information content (AvgIpc) is 2.05. The van der Waals surface area contributed by atoms with Gasteiger partial charge in [-0.3, -0.25) is 0 Å². The van der Waals surface area contributed by atoms with E-state index in [1.807, 2.05) is 0 Å². The Balaban J connectivity index is 4.08. The van der Waals surface area contributed by atoms with E-state index in [4.69, 9.17) is 0 Å². The normalized spacial score (nSPS) is 13.4. The Bertz CT molecular complexity index is 114. The van der Waals surface area contributed by atoms with Gasteiger partial charge in [0.25, 0.3) is 0 Å². The molecule has 0 aromatic carbocycles. The van der Waals surface area contributed by atoms with E-state index in [1.54, 1.807) is 0 Å². The molecule has 0 aliphatic rings. The lowest BCUT2D eigenvalue weighted by molar-refractivity contribution is 0.316. The molecule has 0 aromatic heterocycles. The topological polar surface area (TPSA) is 3.24 Å². The van der Waals surface area contributed by atoms with Gasteiger partial charge in [0.1, 0.15) is 0 Å². The van der Waals surface area contributed by atoms with E-state index in [9.17, 15) is 0 Å². The fourth-order valence-corrected chi connectivity index (χ4v) is 10.3. The molecule has 0 spiro atoms. The third-order valence-corrected chi connectivity index (χ3v) is 13.9. The van der Waals surface area contributed by atoms with Crippen molar-refractivity contribution in [1.29, 1.82) is 0 Å². The molecule has 0 unspecified atom stereocenters. The van der Waals surface area contributed by atoms with Crippen LogP contribution in [0.5, 0.6) is 0 Å². The molecule has 0 atom stereocenters. The molecule has 3 heteroatoms. The predicted molar refractivity (Wildman–Crippen MR) is 68.8 cm³/mol. The van der Waals surface area contributed by atoms with Crippen LogP contribution in [-0.2, 0) is 0 Å². The molecule has 0 amide bonds. The molecule has 0 rings (SSSR count). The van der Waals surface area contributed by atoms with Crippen LogP contribution in [0.2, 0.25) is 12.1 Å². The summed E-state index contributed by atoms with van der Waals surface area (Å²) in [6.45, 7) is 14.2. The Morgan fingerprint density at radius 3 is 1.62 bits per heavy atom. The van der Waals surface area contributed by atoms with Gasteiger partial charge in [0.2, 0.25) is 0 Å². The summed E-state index contributed by atoms with van der Waals surface area (Å²) in [6.07, 6.45) is 0. The van der Waals surface area contributed by atoms with Crippen LogP contribution in [0.25, 0.3) is 0 Å². The van der Waals surface area contributed by atoms with Gasteiger partial charge in [-0.25, -0.2) is 0 Å². The van der Waals surface area contributed by atoms with E-state index in [1.165, 1.54) is 12.1 Å². The Labute approximate surface area is 88.2 Å². The molecule has 80 valence electrons. The zero-order valence-electron chi connectivity index (χ0n) is 10.3. The van der Waals surface area contributed by atoms with E-state index in [-0.39, 0.29) is 17.5 Å². The van der Waals surface area contributed by atoms with Crippen LogP contribution in [0.1, 0.15) is 41.5 Å². The second kappa shape index (κ2) is 6.79. The molecule has 0 bridgehead atoms. The summed E-state index contributed by atoms with van der Waals surface area (Å²) in [5.74, 6) is 0. The molecule has 0 N–H and O–H groups in total. The predicted octanol–water partition coefficient (Wildman–Crippen LogP) is 1.95. The second-order valence-corrected chi connectivity index (χ2v) is 13.6. The van der Waals surface area contributed by atoms with Crippen molar-refractivity contribution in [2.75, 3.05) is 0 Å². The van der Waals surface area contributed by atoms with Crippen LogP contribution in [0.15, 0.2) is 0 Å². The molecule has 0 heterocycles. The van der Waals surface area contributed by atoms with Crippen molar-refractivity contribution in [1.82, 2.24) is 4.57 Å². The van der Waals surface area contributed by atoms with Gasteiger partial charge in [0.05, 0.1) is 9.20 Å². The molecule has 0 aromatic rings. The quantitative estimate of drug-likeness (QED) is 0.615. The van der Waals surface area contributed by atoms with Gasteiger partial charge in [-0.2, -0.15) is 0 Å². The van der Waals surface area contributed by atoms with Crippen LogP contribution in [0, 0.1) is 0 Å². The van der Waals surface area contributed by atoms with Crippen LogP contribution in [0.4, 0.5) is 0 Å². The van der Waals surface area contributed by atoms with Gasteiger partial charge < -0.3 is 4.57 Å². The number of rotatable bonds is 6. The van der Waals surface area contributed by atoms with Gasteiger partial charge >= 0.3 is 0 Å². The van der Waals surface area contributed by atoms with Crippen molar-refractivity contribution in [3.63, 3.8) is 0 Å². The van der Waals surface area contributed by atoms with Crippen LogP contribution >= 0.6 is 0 Å². The highest BCUT2D eigenvalue weighted by Crippen LogP contribution is 2.07. The SMILES string of the molecule is CC[SiH](CC)[SiH2]N(C(C)C)C(C)C. The first-order valence-electron chi connectivity index (χ1n) is 5.78. The van der Waals surface area contributed by atoms with Gasteiger partial charge in [0.15, 0.2) is 0 Å².